The molecule has 0 unspecified atom stereocenters. The number of anilines is 1. The second-order valence-corrected chi connectivity index (χ2v) is 5.83. The van der Waals surface area contributed by atoms with Crippen LogP contribution in [0, 0.1) is 0 Å². The summed E-state index contributed by atoms with van der Waals surface area (Å²) in [7, 11) is 0. The number of ether oxygens (including phenoxy) is 1. The number of hydrogen-bond acceptors (Lipinski definition) is 4. The molecule has 4 nitrogen and oxygen atoms in total. The SMILES string of the molecule is CCOC1(c2nc(N)c(Br)c(CC)n2)CCCCC1. The molecule has 1 fully saturated rings. The maximum Gasteiger partial charge on any atom is 0.162 e. The van der Waals surface area contributed by atoms with Crippen LogP contribution in [0.2, 0.25) is 0 Å². The highest BCUT2D eigenvalue weighted by Crippen LogP contribution is 2.40. The fourth-order valence-corrected chi connectivity index (χ4v) is 3.24. The van der Waals surface area contributed by atoms with Crippen LogP contribution in [0.15, 0.2) is 4.47 Å². The van der Waals surface area contributed by atoms with Crippen LogP contribution in [0.1, 0.15) is 57.5 Å². The fourth-order valence-electron chi connectivity index (χ4n) is 2.78. The minimum absolute atomic E-state index is 0.328. The van der Waals surface area contributed by atoms with Gasteiger partial charge in [-0.3, -0.25) is 0 Å². The van der Waals surface area contributed by atoms with Crippen molar-refractivity contribution in [2.24, 2.45) is 0 Å². The molecule has 0 amide bonds. The summed E-state index contributed by atoms with van der Waals surface area (Å²) in [5.74, 6) is 1.29. The van der Waals surface area contributed by atoms with Gasteiger partial charge in [0, 0.05) is 6.61 Å². The molecule has 2 N–H and O–H groups in total. The summed E-state index contributed by atoms with van der Waals surface area (Å²) in [6.45, 7) is 4.78. The van der Waals surface area contributed by atoms with Crippen molar-refractivity contribution in [2.45, 2.75) is 58.0 Å². The molecule has 1 heterocycles. The molecule has 0 atom stereocenters. The normalized spacial score (nSPS) is 18.5. The van der Waals surface area contributed by atoms with Gasteiger partial charge in [0.15, 0.2) is 5.82 Å². The van der Waals surface area contributed by atoms with Crippen molar-refractivity contribution in [3.05, 3.63) is 16.0 Å². The highest BCUT2D eigenvalue weighted by Gasteiger charge is 2.38. The lowest BCUT2D eigenvalue weighted by Crippen LogP contribution is -2.35. The molecule has 1 saturated carbocycles. The van der Waals surface area contributed by atoms with Gasteiger partial charge in [0.1, 0.15) is 11.4 Å². The van der Waals surface area contributed by atoms with Crippen LogP contribution in [0.3, 0.4) is 0 Å². The minimum atomic E-state index is -0.328. The fraction of sp³-hybridized carbons (Fsp3) is 0.714. The van der Waals surface area contributed by atoms with E-state index in [0.29, 0.717) is 12.4 Å². The summed E-state index contributed by atoms with van der Waals surface area (Å²) in [6, 6.07) is 0. The Morgan fingerprint density at radius 3 is 2.47 bits per heavy atom. The van der Waals surface area contributed by atoms with E-state index in [0.717, 1.165) is 35.3 Å². The summed E-state index contributed by atoms with van der Waals surface area (Å²) in [5.41, 5.74) is 6.64. The number of halogens is 1. The predicted octanol–water partition coefficient (Wildman–Crippen LogP) is 3.58. The molecule has 0 radical (unpaired) electrons. The number of nitrogen functional groups attached to an aromatic ring is 1. The van der Waals surface area contributed by atoms with E-state index in [1.807, 2.05) is 6.92 Å². The predicted molar refractivity (Wildman–Crippen MR) is 79.9 cm³/mol. The molecular weight excluding hydrogens is 306 g/mol. The van der Waals surface area contributed by atoms with Gasteiger partial charge in [-0.05, 0) is 42.1 Å². The number of aryl methyl sites for hydroxylation is 1. The van der Waals surface area contributed by atoms with Crippen molar-refractivity contribution >= 4 is 21.7 Å². The summed E-state index contributed by atoms with van der Waals surface area (Å²) in [6.07, 6.45) is 6.42. The maximum atomic E-state index is 6.05. The van der Waals surface area contributed by atoms with E-state index < -0.39 is 0 Å². The second kappa shape index (κ2) is 6.18. The third kappa shape index (κ3) is 2.92. The van der Waals surface area contributed by atoms with Crippen LogP contribution in [0.4, 0.5) is 5.82 Å². The lowest BCUT2D eigenvalue weighted by molar-refractivity contribution is -0.0767. The van der Waals surface area contributed by atoms with Crippen LogP contribution < -0.4 is 5.73 Å². The number of aromatic nitrogens is 2. The quantitative estimate of drug-likeness (QED) is 0.918. The first-order valence-corrected chi connectivity index (χ1v) is 7.88. The maximum absolute atomic E-state index is 6.05. The third-order valence-corrected chi connectivity index (χ3v) is 4.63. The molecule has 19 heavy (non-hydrogen) atoms. The smallest absolute Gasteiger partial charge is 0.162 e. The minimum Gasteiger partial charge on any atom is -0.383 e. The Labute approximate surface area is 123 Å². The Morgan fingerprint density at radius 1 is 1.21 bits per heavy atom. The average molecular weight is 328 g/mol. The number of rotatable bonds is 4. The van der Waals surface area contributed by atoms with Crippen molar-refractivity contribution in [3.8, 4) is 0 Å². The van der Waals surface area contributed by atoms with Gasteiger partial charge in [-0.1, -0.05) is 26.2 Å². The van der Waals surface area contributed by atoms with Crippen molar-refractivity contribution in [3.63, 3.8) is 0 Å². The molecule has 2 rings (SSSR count). The van der Waals surface area contributed by atoms with Crippen LogP contribution in [-0.4, -0.2) is 16.6 Å². The number of hydrogen-bond donors (Lipinski definition) is 1. The van der Waals surface area contributed by atoms with Gasteiger partial charge in [-0.2, -0.15) is 0 Å². The zero-order chi connectivity index (χ0) is 13.9. The van der Waals surface area contributed by atoms with Crippen LogP contribution in [0.5, 0.6) is 0 Å². The van der Waals surface area contributed by atoms with Crippen LogP contribution in [0.25, 0.3) is 0 Å². The van der Waals surface area contributed by atoms with E-state index in [4.69, 9.17) is 15.5 Å². The molecule has 1 aliphatic rings. The molecule has 106 valence electrons. The first kappa shape index (κ1) is 14.7. The molecule has 0 aromatic carbocycles. The topological polar surface area (TPSA) is 61.0 Å². The van der Waals surface area contributed by atoms with E-state index in [9.17, 15) is 0 Å². The van der Waals surface area contributed by atoms with Gasteiger partial charge in [0.2, 0.25) is 0 Å². The molecule has 5 heteroatoms. The highest BCUT2D eigenvalue weighted by atomic mass is 79.9. The molecule has 0 spiro atoms. The zero-order valence-electron chi connectivity index (χ0n) is 11.7. The lowest BCUT2D eigenvalue weighted by atomic mass is 9.83. The van der Waals surface area contributed by atoms with Gasteiger partial charge >= 0.3 is 0 Å². The zero-order valence-corrected chi connectivity index (χ0v) is 13.3. The molecule has 0 aliphatic heterocycles. The summed E-state index contributed by atoms with van der Waals surface area (Å²) in [5, 5.41) is 0. The Balaban J connectivity index is 2.44. The van der Waals surface area contributed by atoms with Gasteiger partial charge in [-0.15, -0.1) is 0 Å². The van der Waals surface area contributed by atoms with Crippen LogP contribution in [-0.2, 0) is 16.8 Å². The summed E-state index contributed by atoms with van der Waals surface area (Å²) in [4.78, 5) is 9.19. The molecule has 1 aromatic heterocycles. The van der Waals surface area contributed by atoms with E-state index in [1.165, 1.54) is 19.3 Å². The second-order valence-electron chi connectivity index (χ2n) is 5.03. The molecule has 1 aromatic rings. The van der Waals surface area contributed by atoms with E-state index in [-0.39, 0.29) is 5.60 Å². The van der Waals surface area contributed by atoms with Crippen molar-refractivity contribution in [1.29, 1.82) is 0 Å². The van der Waals surface area contributed by atoms with E-state index >= 15 is 0 Å². The number of nitrogens with two attached hydrogens (primary N) is 1. The molecular formula is C14H22BrN3O. The third-order valence-electron chi connectivity index (χ3n) is 3.77. The Hall–Kier alpha value is -0.680. The van der Waals surface area contributed by atoms with Gasteiger partial charge in [0.05, 0.1) is 10.2 Å². The summed E-state index contributed by atoms with van der Waals surface area (Å²) >= 11 is 3.46. The van der Waals surface area contributed by atoms with E-state index in [1.54, 1.807) is 0 Å². The monoisotopic (exact) mass is 327 g/mol. The van der Waals surface area contributed by atoms with Crippen LogP contribution >= 0.6 is 15.9 Å². The lowest BCUT2D eigenvalue weighted by Gasteiger charge is -2.35. The van der Waals surface area contributed by atoms with Gasteiger partial charge < -0.3 is 10.5 Å². The first-order chi connectivity index (χ1) is 9.13. The molecule has 0 saturated heterocycles. The standard InChI is InChI=1S/C14H22BrN3O/c1-3-10-11(15)12(16)18-13(17-10)14(19-4-2)8-6-5-7-9-14/h3-9H2,1-2H3,(H2,16,17,18). The first-order valence-electron chi connectivity index (χ1n) is 7.09. The molecule has 0 bridgehead atoms. The van der Waals surface area contributed by atoms with Crippen molar-refractivity contribution in [2.75, 3.05) is 12.3 Å². The largest absolute Gasteiger partial charge is 0.383 e. The highest BCUT2D eigenvalue weighted by molar-refractivity contribution is 9.10. The van der Waals surface area contributed by atoms with Crippen molar-refractivity contribution in [1.82, 2.24) is 9.97 Å². The number of nitrogens with zero attached hydrogens (tertiary/aromatic N) is 2. The van der Waals surface area contributed by atoms with Gasteiger partial charge in [-0.25, -0.2) is 9.97 Å². The Kier molecular flexibility index (Phi) is 4.79. The average Bonchev–Trinajstić information content (AvgIpc) is 2.43. The van der Waals surface area contributed by atoms with Gasteiger partial charge in [0.25, 0.3) is 0 Å². The summed E-state index contributed by atoms with van der Waals surface area (Å²) < 4.78 is 6.88. The van der Waals surface area contributed by atoms with E-state index in [2.05, 4.69) is 27.8 Å². The van der Waals surface area contributed by atoms with Crippen molar-refractivity contribution < 1.29 is 4.74 Å². The Bertz CT molecular complexity index is 439. The molecule has 1 aliphatic carbocycles. The Morgan fingerprint density at radius 2 is 1.89 bits per heavy atom.